The number of amides is 1. The number of hydrogen-bond acceptors (Lipinski definition) is 6. The zero-order valence-electron chi connectivity index (χ0n) is 12.9. The van der Waals surface area contributed by atoms with Crippen LogP contribution in [0.15, 0.2) is 29.9 Å². The lowest BCUT2D eigenvalue weighted by molar-refractivity contribution is -0.140. The van der Waals surface area contributed by atoms with Crippen molar-refractivity contribution in [3.8, 4) is 11.4 Å². The maximum absolute atomic E-state index is 12.4. The van der Waals surface area contributed by atoms with Crippen LogP contribution in [0.1, 0.15) is 23.5 Å². The van der Waals surface area contributed by atoms with Gasteiger partial charge in [0.25, 0.3) is 5.91 Å². The summed E-state index contributed by atoms with van der Waals surface area (Å²) >= 11 is 1.27. The lowest BCUT2D eigenvalue weighted by Crippen LogP contribution is -2.24. The van der Waals surface area contributed by atoms with E-state index in [2.05, 4.69) is 20.5 Å². The summed E-state index contributed by atoms with van der Waals surface area (Å²) in [6.07, 6.45) is 3.05. The molecule has 0 bridgehead atoms. The van der Waals surface area contributed by atoms with Crippen LogP contribution >= 0.6 is 11.3 Å². The highest BCUT2D eigenvalue weighted by atomic mass is 32.1. The van der Waals surface area contributed by atoms with Gasteiger partial charge in [-0.05, 0) is 19.1 Å². The highest BCUT2D eigenvalue weighted by Gasteiger charge is 2.21. The summed E-state index contributed by atoms with van der Waals surface area (Å²) in [5, 5.41) is 21.9. The van der Waals surface area contributed by atoms with Crippen molar-refractivity contribution >= 4 is 28.3 Å². The molecule has 124 valence electrons. The van der Waals surface area contributed by atoms with E-state index < -0.39 is 17.9 Å². The van der Waals surface area contributed by atoms with E-state index in [1.54, 1.807) is 17.9 Å². The molecule has 0 aliphatic rings. The van der Waals surface area contributed by atoms with Gasteiger partial charge in [-0.3, -0.25) is 14.8 Å². The molecule has 0 aromatic carbocycles. The second kappa shape index (κ2) is 6.24. The number of aryl methyl sites for hydroxylation is 1. The molecule has 1 unspecified atom stereocenters. The monoisotopic (exact) mass is 346 g/mol. The first-order valence-electron chi connectivity index (χ1n) is 6.99. The van der Waals surface area contributed by atoms with Crippen molar-refractivity contribution in [2.45, 2.75) is 13.0 Å². The first-order chi connectivity index (χ1) is 11.5. The van der Waals surface area contributed by atoms with Gasteiger partial charge in [-0.15, -0.1) is 11.3 Å². The van der Waals surface area contributed by atoms with Gasteiger partial charge in [-0.2, -0.15) is 10.2 Å². The predicted molar refractivity (Wildman–Crippen MR) is 86.8 cm³/mol. The number of carboxylic acid groups (broad SMARTS) is 1. The van der Waals surface area contributed by atoms with Gasteiger partial charge in [0.05, 0.1) is 5.69 Å². The number of thiazole rings is 1. The van der Waals surface area contributed by atoms with Crippen molar-refractivity contribution in [2.75, 3.05) is 5.32 Å². The Bertz CT molecular complexity index is 896. The molecule has 24 heavy (non-hydrogen) atoms. The molecule has 3 heterocycles. The Morgan fingerprint density at radius 1 is 1.29 bits per heavy atom. The minimum atomic E-state index is -1.07. The summed E-state index contributed by atoms with van der Waals surface area (Å²) in [4.78, 5) is 27.8. The van der Waals surface area contributed by atoms with Crippen LogP contribution in [0.2, 0.25) is 0 Å². The van der Waals surface area contributed by atoms with Gasteiger partial charge in [-0.25, -0.2) is 14.5 Å². The topological polar surface area (TPSA) is 115 Å². The lowest BCUT2D eigenvalue weighted by Gasteiger charge is -2.10. The third kappa shape index (κ3) is 2.91. The van der Waals surface area contributed by atoms with Crippen LogP contribution in [-0.2, 0) is 11.8 Å². The largest absolute Gasteiger partial charge is 0.480 e. The van der Waals surface area contributed by atoms with E-state index >= 15 is 0 Å². The Kier molecular flexibility index (Phi) is 4.13. The Balaban J connectivity index is 1.79. The molecule has 0 fully saturated rings. The number of nitrogens with one attached hydrogen (secondary N) is 1. The summed E-state index contributed by atoms with van der Waals surface area (Å²) in [5.74, 6) is -1.54. The zero-order chi connectivity index (χ0) is 17.3. The maximum Gasteiger partial charge on any atom is 0.328 e. The van der Waals surface area contributed by atoms with Gasteiger partial charge in [0.2, 0.25) is 0 Å². The summed E-state index contributed by atoms with van der Waals surface area (Å²) in [5.41, 5.74) is 1.68. The Morgan fingerprint density at radius 2 is 2.04 bits per heavy atom. The van der Waals surface area contributed by atoms with Crippen LogP contribution in [0.25, 0.3) is 11.4 Å². The van der Waals surface area contributed by atoms with E-state index in [9.17, 15) is 9.59 Å². The Morgan fingerprint density at radius 3 is 2.71 bits per heavy atom. The number of carbonyl (C=O) groups is 2. The van der Waals surface area contributed by atoms with E-state index in [4.69, 9.17) is 5.11 Å². The Hall–Kier alpha value is -3.01. The van der Waals surface area contributed by atoms with Crippen LogP contribution in [0.3, 0.4) is 0 Å². The van der Waals surface area contributed by atoms with Gasteiger partial charge in [-0.1, -0.05) is 0 Å². The fourth-order valence-corrected chi connectivity index (χ4v) is 2.84. The lowest BCUT2D eigenvalue weighted by atomic mass is 10.3. The van der Waals surface area contributed by atoms with Crippen molar-refractivity contribution in [1.82, 2.24) is 24.5 Å². The summed E-state index contributed by atoms with van der Waals surface area (Å²) in [6.45, 7) is 1.45. The van der Waals surface area contributed by atoms with E-state index in [1.807, 2.05) is 11.4 Å². The molecule has 9 nitrogen and oxygen atoms in total. The van der Waals surface area contributed by atoms with Crippen LogP contribution < -0.4 is 5.32 Å². The number of rotatable bonds is 5. The molecular weight excluding hydrogens is 332 g/mol. The van der Waals surface area contributed by atoms with Gasteiger partial charge in [0.15, 0.2) is 5.13 Å². The minimum Gasteiger partial charge on any atom is -0.480 e. The summed E-state index contributed by atoms with van der Waals surface area (Å²) < 4.78 is 2.84. The molecule has 3 rings (SSSR count). The van der Waals surface area contributed by atoms with Crippen molar-refractivity contribution < 1.29 is 14.7 Å². The molecule has 1 atom stereocenters. The van der Waals surface area contributed by atoms with Crippen molar-refractivity contribution in [3.05, 3.63) is 35.6 Å². The van der Waals surface area contributed by atoms with Crippen LogP contribution in [-0.4, -0.2) is 41.5 Å². The molecule has 1 amide bonds. The smallest absolute Gasteiger partial charge is 0.328 e. The quantitative estimate of drug-likeness (QED) is 0.726. The number of aromatic nitrogens is 5. The normalized spacial score (nSPS) is 12.1. The standard InChI is InChI=1S/C14H14N6O3S/c1-8(13(22)23)20-11(4-6-16-20)12(21)18-14-17-9(7-24-14)10-3-5-15-19(10)2/h3-8H,1-2H3,(H,22,23)(H,17,18,21). The number of nitrogens with zero attached hydrogens (tertiary/aromatic N) is 5. The molecule has 0 saturated heterocycles. The summed E-state index contributed by atoms with van der Waals surface area (Å²) in [6, 6.07) is 2.34. The third-order valence-electron chi connectivity index (χ3n) is 3.44. The third-order valence-corrected chi connectivity index (χ3v) is 4.19. The molecule has 0 spiro atoms. The van der Waals surface area contributed by atoms with E-state index in [1.165, 1.54) is 30.5 Å². The molecule has 0 saturated carbocycles. The predicted octanol–water partition coefficient (Wildman–Crippen LogP) is 1.64. The Labute approximate surface area is 140 Å². The first kappa shape index (κ1) is 15.9. The number of anilines is 1. The van der Waals surface area contributed by atoms with Crippen molar-refractivity contribution in [1.29, 1.82) is 0 Å². The fourth-order valence-electron chi connectivity index (χ4n) is 2.14. The van der Waals surface area contributed by atoms with E-state index in [-0.39, 0.29) is 5.69 Å². The zero-order valence-corrected chi connectivity index (χ0v) is 13.7. The van der Waals surface area contributed by atoms with Crippen LogP contribution in [0.4, 0.5) is 5.13 Å². The number of hydrogen-bond donors (Lipinski definition) is 2. The van der Waals surface area contributed by atoms with Crippen LogP contribution in [0, 0.1) is 0 Å². The molecular formula is C14H14N6O3S. The van der Waals surface area contributed by atoms with Gasteiger partial charge < -0.3 is 5.11 Å². The minimum absolute atomic E-state index is 0.155. The maximum atomic E-state index is 12.4. The number of aliphatic carboxylic acids is 1. The van der Waals surface area contributed by atoms with Crippen molar-refractivity contribution in [2.24, 2.45) is 7.05 Å². The van der Waals surface area contributed by atoms with Gasteiger partial charge in [0, 0.05) is 24.8 Å². The van der Waals surface area contributed by atoms with E-state index in [0.29, 0.717) is 10.8 Å². The van der Waals surface area contributed by atoms with Gasteiger partial charge >= 0.3 is 5.97 Å². The molecule has 0 aliphatic carbocycles. The van der Waals surface area contributed by atoms with Gasteiger partial charge in [0.1, 0.15) is 17.4 Å². The SMILES string of the molecule is CC(C(=O)O)n1nccc1C(=O)Nc1nc(-c2ccnn2C)cs1. The molecule has 10 heteroatoms. The highest BCUT2D eigenvalue weighted by Crippen LogP contribution is 2.24. The summed E-state index contributed by atoms with van der Waals surface area (Å²) in [7, 11) is 1.80. The van der Waals surface area contributed by atoms with E-state index in [0.717, 1.165) is 10.4 Å². The fraction of sp³-hybridized carbons (Fsp3) is 0.214. The average Bonchev–Trinajstić information content (AvgIpc) is 3.25. The second-order valence-corrected chi connectivity index (χ2v) is 5.87. The second-order valence-electron chi connectivity index (χ2n) is 5.01. The van der Waals surface area contributed by atoms with Crippen LogP contribution in [0.5, 0.6) is 0 Å². The molecule has 0 aliphatic heterocycles. The highest BCUT2D eigenvalue weighted by molar-refractivity contribution is 7.14. The molecule has 3 aromatic heterocycles. The molecule has 2 N–H and O–H groups in total. The molecule has 3 aromatic rings. The number of carboxylic acids is 1. The average molecular weight is 346 g/mol. The molecule has 0 radical (unpaired) electrons. The number of carbonyl (C=O) groups excluding carboxylic acids is 1. The first-order valence-corrected chi connectivity index (χ1v) is 7.87. The van der Waals surface area contributed by atoms with Crippen molar-refractivity contribution in [3.63, 3.8) is 0 Å².